The molecule has 0 aliphatic rings. The van der Waals surface area contributed by atoms with E-state index in [0.717, 1.165) is 5.75 Å². The lowest BCUT2D eigenvalue weighted by molar-refractivity contribution is 0.622. The molecule has 0 aliphatic carbocycles. The summed E-state index contributed by atoms with van der Waals surface area (Å²) in [4.78, 5) is 0. The zero-order valence-electron chi connectivity index (χ0n) is 16.6. The van der Waals surface area contributed by atoms with Crippen LogP contribution >= 0.6 is 8.15 Å². The van der Waals surface area contributed by atoms with Crippen molar-refractivity contribution in [3.05, 3.63) is 88.0 Å². The van der Waals surface area contributed by atoms with E-state index in [0.29, 0.717) is 0 Å². The van der Waals surface area contributed by atoms with Crippen molar-refractivity contribution in [3.63, 3.8) is 0 Å². The van der Waals surface area contributed by atoms with Gasteiger partial charge in [-0.25, -0.2) is 0 Å². The monoisotopic (exact) mass is 362 g/mol. The molecule has 0 heterocycles. The Kier molecular flexibility index (Phi) is 5.49. The molecule has 2 heteroatoms. The van der Waals surface area contributed by atoms with Gasteiger partial charge in [-0.05, 0) is 81.0 Å². The molecule has 3 rings (SSSR count). The van der Waals surface area contributed by atoms with E-state index in [1.54, 1.807) is 0 Å². The summed E-state index contributed by atoms with van der Waals surface area (Å²) in [6.45, 7) is 13.0. The van der Waals surface area contributed by atoms with Crippen LogP contribution in [0.5, 0.6) is 5.75 Å². The molecule has 0 bridgehead atoms. The van der Waals surface area contributed by atoms with E-state index in [9.17, 15) is 0 Å². The summed E-state index contributed by atoms with van der Waals surface area (Å²) >= 11 is 0. The molecular weight excluding hydrogens is 335 g/mol. The van der Waals surface area contributed by atoms with Crippen LogP contribution < -0.4 is 15.1 Å². The third-order valence-corrected chi connectivity index (χ3v) is 7.56. The molecular formula is C24H27OP. The highest BCUT2D eigenvalue weighted by Gasteiger charge is 2.23. The van der Waals surface area contributed by atoms with Gasteiger partial charge in [-0.1, -0.05) is 48.5 Å². The van der Waals surface area contributed by atoms with Gasteiger partial charge >= 0.3 is 0 Å². The average molecular weight is 362 g/mol. The van der Waals surface area contributed by atoms with Crippen LogP contribution in [-0.4, -0.2) is 0 Å². The molecule has 3 aromatic carbocycles. The Hall–Kier alpha value is -2.11. The third kappa shape index (κ3) is 3.55. The summed E-state index contributed by atoms with van der Waals surface area (Å²) in [5.74, 6) is 0.984. The summed E-state index contributed by atoms with van der Waals surface area (Å²) in [6, 6.07) is 19.4. The first kappa shape index (κ1) is 18.7. The largest absolute Gasteiger partial charge is 0.464 e. The molecule has 1 nitrogen and oxygen atoms in total. The maximum Gasteiger partial charge on any atom is 0.151 e. The van der Waals surface area contributed by atoms with Crippen molar-refractivity contribution in [2.45, 2.75) is 41.5 Å². The Morgan fingerprint density at radius 3 is 1.46 bits per heavy atom. The topological polar surface area (TPSA) is 9.23 Å². The van der Waals surface area contributed by atoms with Gasteiger partial charge < -0.3 is 4.52 Å². The standard InChI is InChI=1S/C24H27OP/c1-16-10-7-13-22(19(16)4)25-26(23-14-8-11-17(2)20(23)5)24-15-9-12-18(3)21(24)6/h7-15H,1-6H3. The summed E-state index contributed by atoms with van der Waals surface area (Å²) in [5, 5.41) is 2.60. The van der Waals surface area contributed by atoms with Crippen LogP contribution in [0.1, 0.15) is 33.4 Å². The van der Waals surface area contributed by atoms with Crippen LogP contribution in [0.15, 0.2) is 54.6 Å². The fraction of sp³-hybridized carbons (Fsp3) is 0.250. The number of benzene rings is 3. The molecule has 0 atom stereocenters. The lowest BCUT2D eigenvalue weighted by Gasteiger charge is -2.25. The van der Waals surface area contributed by atoms with Crippen LogP contribution in [-0.2, 0) is 0 Å². The number of rotatable bonds is 4. The predicted octanol–water partition coefficient (Wildman–Crippen LogP) is 5.96. The van der Waals surface area contributed by atoms with Crippen molar-refractivity contribution in [1.29, 1.82) is 0 Å². The number of hydrogen-bond donors (Lipinski definition) is 0. The minimum absolute atomic E-state index is 0.930. The number of aryl methyl sites for hydroxylation is 3. The highest BCUT2D eigenvalue weighted by molar-refractivity contribution is 7.69. The van der Waals surface area contributed by atoms with E-state index in [1.807, 2.05) is 0 Å². The molecule has 0 radical (unpaired) electrons. The lowest BCUT2D eigenvalue weighted by atomic mass is 10.1. The Bertz CT molecular complexity index is 891. The van der Waals surface area contributed by atoms with Crippen molar-refractivity contribution < 1.29 is 4.52 Å². The quantitative estimate of drug-likeness (QED) is 0.520. The molecule has 0 fully saturated rings. The van der Waals surface area contributed by atoms with E-state index in [-0.39, 0.29) is 0 Å². The van der Waals surface area contributed by atoms with Gasteiger partial charge in [-0.3, -0.25) is 0 Å². The molecule has 0 saturated carbocycles. The lowest BCUT2D eigenvalue weighted by Crippen LogP contribution is -2.21. The second-order valence-corrected chi connectivity index (χ2v) is 8.76. The molecule has 0 spiro atoms. The molecule has 0 aliphatic heterocycles. The molecule has 3 aromatic rings. The van der Waals surface area contributed by atoms with Crippen molar-refractivity contribution in [3.8, 4) is 5.75 Å². The molecule has 0 amide bonds. The second kappa shape index (κ2) is 7.64. The van der Waals surface area contributed by atoms with E-state index >= 15 is 0 Å². The molecule has 0 unspecified atom stereocenters. The van der Waals surface area contributed by atoms with Gasteiger partial charge in [0.2, 0.25) is 0 Å². The van der Waals surface area contributed by atoms with Gasteiger partial charge in [0.15, 0.2) is 8.15 Å². The van der Waals surface area contributed by atoms with Crippen LogP contribution in [0.4, 0.5) is 0 Å². The first-order valence-corrected chi connectivity index (χ1v) is 10.3. The fourth-order valence-electron chi connectivity index (χ4n) is 3.06. The van der Waals surface area contributed by atoms with Crippen LogP contribution in [0.2, 0.25) is 0 Å². The highest BCUT2D eigenvalue weighted by atomic mass is 31.1. The smallest absolute Gasteiger partial charge is 0.151 e. The predicted molar refractivity (Wildman–Crippen MR) is 115 cm³/mol. The van der Waals surface area contributed by atoms with Gasteiger partial charge in [0, 0.05) is 10.6 Å². The summed E-state index contributed by atoms with van der Waals surface area (Å²) in [6.07, 6.45) is 0. The van der Waals surface area contributed by atoms with Crippen molar-refractivity contribution in [2.75, 3.05) is 0 Å². The maximum atomic E-state index is 6.73. The third-order valence-electron chi connectivity index (χ3n) is 5.33. The van der Waals surface area contributed by atoms with Crippen LogP contribution in [0.3, 0.4) is 0 Å². The van der Waals surface area contributed by atoms with Gasteiger partial charge in [0.1, 0.15) is 5.75 Å². The Morgan fingerprint density at radius 2 is 0.962 bits per heavy atom. The summed E-state index contributed by atoms with van der Waals surface area (Å²) in [7, 11) is -0.930. The summed E-state index contributed by atoms with van der Waals surface area (Å²) in [5.41, 5.74) is 7.75. The van der Waals surface area contributed by atoms with Gasteiger partial charge in [-0.15, -0.1) is 0 Å². The molecule has 0 aromatic heterocycles. The maximum absolute atomic E-state index is 6.73. The average Bonchev–Trinajstić information content (AvgIpc) is 2.62. The van der Waals surface area contributed by atoms with Gasteiger partial charge in [0.25, 0.3) is 0 Å². The van der Waals surface area contributed by atoms with Gasteiger partial charge in [0.05, 0.1) is 0 Å². The first-order valence-electron chi connectivity index (χ1n) is 9.07. The Labute approximate surface area is 158 Å². The molecule has 26 heavy (non-hydrogen) atoms. The van der Waals surface area contributed by atoms with E-state index in [2.05, 4.69) is 96.1 Å². The van der Waals surface area contributed by atoms with Crippen LogP contribution in [0.25, 0.3) is 0 Å². The molecule has 0 N–H and O–H groups in total. The SMILES string of the molecule is Cc1cccc(OP(c2cccc(C)c2C)c2cccc(C)c2C)c1C. The zero-order valence-corrected chi connectivity index (χ0v) is 17.4. The van der Waals surface area contributed by atoms with E-state index < -0.39 is 8.15 Å². The Balaban J connectivity index is 2.18. The fourth-order valence-corrected chi connectivity index (χ4v) is 5.32. The number of hydrogen-bond acceptors (Lipinski definition) is 1. The Morgan fingerprint density at radius 1 is 0.538 bits per heavy atom. The van der Waals surface area contributed by atoms with E-state index in [1.165, 1.54) is 44.0 Å². The zero-order chi connectivity index (χ0) is 18.8. The minimum Gasteiger partial charge on any atom is -0.464 e. The first-order chi connectivity index (χ1) is 12.4. The molecule has 134 valence electrons. The van der Waals surface area contributed by atoms with Crippen molar-refractivity contribution in [1.82, 2.24) is 0 Å². The second-order valence-electron chi connectivity index (χ2n) is 7.02. The van der Waals surface area contributed by atoms with Crippen molar-refractivity contribution >= 4 is 18.8 Å². The van der Waals surface area contributed by atoms with Gasteiger partial charge in [-0.2, -0.15) is 0 Å². The van der Waals surface area contributed by atoms with E-state index in [4.69, 9.17) is 4.52 Å². The van der Waals surface area contributed by atoms with Crippen LogP contribution in [0, 0.1) is 41.5 Å². The normalized spacial score (nSPS) is 11.0. The van der Waals surface area contributed by atoms with Crippen molar-refractivity contribution in [2.24, 2.45) is 0 Å². The summed E-state index contributed by atoms with van der Waals surface area (Å²) < 4.78 is 6.73. The minimum atomic E-state index is -0.930. The molecule has 0 saturated heterocycles. The highest BCUT2D eigenvalue weighted by Crippen LogP contribution is 2.41.